The zero-order chi connectivity index (χ0) is 8.73. The van der Waals surface area contributed by atoms with Crippen LogP contribution in [0.1, 0.15) is 44.9 Å². The first kappa shape index (κ1) is 7.24. The number of aliphatic hydroxyl groups excluding tert-OH is 1. The summed E-state index contributed by atoms with van der Waals surface area (Å²) in [6.45, 7) is 0. The smallest absolute Gasteiger partial charge is 0.0979 e. The maximum Gasteiger partial charge on any atom is 0.0979 e. The van der Waals surface area contributed by atoms with E-state index in [4.69, 9.17) is 4.74 Å². The van der Waals surface area contributed by atoms with Crippen LogP contribution in [0.2, 0.25) is 0 Å². The molecule has 3 spiro atoms. The van der Waals surface area contributed by atoms with Crippen molar-refractivity contribution in [1.82, 2.24) is 0 Å². The molecule has 0 aromatic rings. The number of hydrogen-bond donors (Lipinski definition) is 1. The average molecular weight is 180 g/mol. The van der Waals surface area contributed by atoms with Gasteiger partial charge in [-0.15, -0.1) is 0 Å². The van der Waals surface area contributed by atoms with Crippen molar-refractivity contribution in [1.29, 1.82) is 0 Å². The van der Waals surface area contributed by atoms with Crippen LogP contribution < -0.4 is 0 Å². The summed E-state index contributed by atoms with van der Waals surface area (Å²) >= 11 is 0. The molecular formula is C11H16O2. The molecule has 4 rings (SSSR count). The Morgan fingerprint density at radius 2 is 1.77 bits per heavy atom. The Labute approximate surface area is 78.3 Å². The lowest BCUT2D eigenvalue weighted by molar-refractivity contribution is -0.127. The molecule has 0 radical (unpaired) electrons. The van der Waals surface area contributed by atoms with Gasteiger partial charge in [-0.1, -0.05) is 0 Å². The number of aliphatic hydroxyl groups is 1. The van der Waals surface area contributed by atoms with E-state index in [-0.39, 0.29) is 17.3 Å². The van der Waals surface area contributed by atoms with E-state index in [9.17, 15) is 5.11 Å². The highest BCUT2D eigenvalue weighted by molar-refractivity contribution is 5.21. The van der Waals surface area contributed by atoms with Gasteiger partial charge in [-0.25, -0.2) is 0 Å². The van der Waals surface area contributed by atoms with Crippen molar-refractivity contribution < 1.29 is 9.84 Å². The maximum absolute atomic E-state index is 9.64. The van der Waals surface area contributed by atoms with Crippen LogP contribution in [-0.2, 0) is 4.74 Å². The highest BCUT2D eigenvalue weighted by atomic mass is 16.6. The van der Waals surface area contributed by atoms with Gasteiger partial charge in [0.25, 0.3) is 0 Å². The van der Waals surface area contributed by atoms with E-state index < -0.39 is 0 Å². The third kappa shape index (κ3) is 0.861. The van der Waals surface area contributed by atoms with Gasteiger partial charge in [0.15, 0.2) is 0 Å². The Morgan fingerprint density at radius 3 is 2.23 bits per heavy atom. The van der Waals surface area contributed by atoms with E-state index in [2.05, 4.69) is 0 Å². The summed E-state index contributed by atoms with van der Waals surface area (Å²) < 4.78 is 6.12. The Hall–Kier alpha value is -0.0800. The van der Waals surface area contributed by atoms with Crippen LogP contribution in [0.15, 0.2) is 0 Å². The van der Waals surface area contributed by atoms with Crippen molar-refractivity contribution in [3.63, 3.8) is 0 Å². The summed E-state index contributed by atoms with van der Waals surface area (Å²) in [4.78, 5) is 0. The van der Waals surface area contributed by atoms with Crippen molar-refractivity contribution in [2.75, 3.05) is 0 Å². The van der Waals surface area contributed by atoms with Gasteiger partial charge in [0.2, 0.25) is 0 Å². The fourth-order valence-electron chi connectivity index (χ4n) is 3.40. The van der Waals surface area contributed by atoms with E-state index in [0.717, 1.165) is 12.8 Å². The van der Waals surface area contributed by atoms with Gasteiger partial charge < -0.3 is 9.84 Å². The van der Waals surface area contributed by atoms with Gasteiger partial charge >= 0.3 is 0 Å². The topological polar surface area (TPSA) is 29.5 Å². The number of rotatable bonds is 0. The highest BCUT2D eigenvalue weighted by Crippen LogP contribution is 2.70. The first-order valence-corrected chi connectivity index (χ1v) is 5.55. The van der Waals surface area contributed by atoms with Gasteiger partial charge in [-0.3, -0.25) is 0 Å². The van der Waals surface area contributed by atoms with E-state index in [0.29, 0.717) is 5.41 Å². The minimum atomic E-state index is -0.136. The van der Waals surface area contributed by atoms with Crippen LogP contribution in [0.4, 0.5) is 0 Å². The summed E-state index contributed by atoms with van der Waals surface area (Å²) in [5, 5.41) is 9.64. The molecule has 0 bridgehead atoms. The van der Waals surface area contributed by atoms with E-state index >= 15 is 0 Å². The fraction of sp³-hybridized carbons (Fsp3) is 1.00. The Kier molecular flexibility index (Phi) is 0.947. The van der Waals surface area contributed by atoms with E-state index in [1.54, 1.807) is 0 Å². The molecule has 1 aliphatic heterocycles. The molecule has 4 fully saturated rings. The fourth-order valence-corrected chi connectivity index (χ4v) is 3.40. The molecule has 4 aliphatic rings. The molecule has 3 aliphatic carbocycles. The summed E-state index contributed by atoms with van der Waals surface area (Å²) in [6.07, 6.45) is 8.53. The van der Waals surface area contributed by atoms with Gasteiger partial charge in [0.05, 0.1) is 17.3 Å². The van der Waals surface area contributed by atoms with Crippen LogP contribution in [0.5, 0.6) is 0 Å². The number of hydrogen-bond acceptors (Lipinski definition) is 2. The van der Waals surface area contributed by atoms with Crippen LogP contribution in [0, 0.1) is 5.41 Å². The van der Waals surface area contributed by atoms with E-state index in [1.165, 1.54) is 32.1 Å². The monoisotopic (exact) mass is 180 g/mol. The van der Waals surface area contributed by atoms with Crippen molar-refractivity contribution in [2.45, 2.75) is 62.3 Å². The largest absolute Gasteiger partial charge is 0.390 e. The second kappa shape index (κ2) is 1.70. The molecule has 0 aromatic heterocycles. The second-order valence-electron chi connectivity index (χ2n) is 5.92. The first-order chi connectivity index (χ1) is 6.16. The standard InChI is InChI=1S/C11H16O2/c12-8-5-11(8)7-9(1-2-9)6-10(13-11)3-4-10/h8,12H,1-7H2/t8-,11?/m0/s1. The van der Waals surface area contributed by atoms with Crippen LogP contribution in [0.25, 0.3) is 0 Å². The quantitative estimate of drug-likeness (QED) is 0.613. The second-order valence-corrected chi connectivity index (χ2v) is 5.92. The lowest BCUT2D eigenvalue weighted by atomic mass is 9.86. The van der Waals surface area contributed by atoms with Crippen LogP contribution >= 0.6 is 0 Å². The van der Waals surface area contributed by atoms with Gasteiger partial charge in [0, 0.05) is 6.42 Å². The first-order valence-electron chi connectivity index (χ1n) is 5.55. The van der Waals surface area contributed by atoms with Crippen molar-refractivity contribution in [2.24, 2.45) is 5.41 Å². The molecular weight excluding hydrogens is 164 g/mol. The molecule has 72 valence electrons. The lowest BCUT2D eigenvalue weighted by Crippen LogP contribution is -2.39. The predicted molar refractivity (Wildman–Crippen MR) is 47.3 cm³/mol. The van der Waals surface area contributed by atoms with Gasteiger partial charge in [0.1, 0.15) is 0 Å². The van der Waals surface area contributed by atoms with Crippen molar-refractivity contribution in [3.8, 4) is 0 Å². The van der Waals surface area contributed by atoms with Gasteiger partial charge in [-0.2, -0.15) is 0 Å². The molecule has 2 heteroatoms. The zero-order valence-electron chi connectivity index (χ0n) is 7.88. The molecule has 13 heavy (non-hydrogen) atoms. The summed E-state index contributed by atoms with van der Waals surface area (Å²) in [5.74, 6) is 0. The van der Waals surface area contributed by atoms with Crippen LogP contribution in [0.3, 0.4) is 0 Å². The molecule has 1 saturated heterocycles. The van der Waals surface area contributed by atoms with E-state index in [1.807, 2.05) is 0 Å². The molecule has 3 saturated carbocycles. The molecule has 1 unspecified atom stereocenters. The van der Waals surface area contributed by atoms with Crippen molar-refractivity contribution in [3.05, 3.63) is 0 Å². The predicted octanol–water partition coefficient (Wildman–Crippen LogP) is 1.61. The summed E-state index contributed by atoms with van der Waals surface area (Å²) in [5.41, 5.74) is 0.795. The molecule has 2 nitrogen and oxygen atoms in total. The van der Waals surface area contributed by atoms with Gasteiger partial charge in [-0.05, 0) is 43.9 Å². The third-order valence-electron chi connectivity index (χ3n) is 4.54. The lowest BCUT2D eigenvalue weighted by Gasteiger charge is -2.37. The maximum atomic E-state index is 9.64. The molecule has 1 N–H and O–H groups in total. The Morgan fingerprint density at radius 1 is 1.08 bits per heavy atom. The van der Waals surface area contributed by atoms with Crippen LogP contribution in [-0.4, -0.2) is 22.4 Å². The average Bonchev–Trinajstić information content (AvgIpc) is 2.96. The minimum Gasteiger partial charge on any atom is -0.390 e. The van der Waals surface area contributed by atoms with Crippen molar-refractivity contribution >= 4 is 0 Å². The minimum absolute atomic E-state index is 0.0642. The number of ether oxygens (including phenoxy) is 1. The Balaban J connectivity index is 1.68. The Bertz CT molecular complexity index is 256. The normalized spacial score (nSPS) is 52.8. The molecule has 1 heterocycles. The summed E-state index contributed by atoms with van der Waals surface area (Å²) in [6, 6.07) is 0. The molecule has 2 atom stereocenters. The molecule has 0 amide bonds. The molecule has 0 aromatic carbocycles. The summed E-state index contributed by atoms with van der Waals surface area (Å²) in [7, 11) is 0. The highest BCUT2D eigenvalue weighted by Gasteiger charge is 2.71. The SMILES string of the molecule is O[C@H]1CC12CC1(CC1)CC1(CC1)O2. The zero-order valence-corrected chi connectivity index (χ0v) is 7.88. The third-order valence-corrected chi connectivity index (χ3v) is 4.54.